The first kappa shape index (κ1) is 18.8. The summed E-state index contributed by atoms with van der Waals surface area (Å²) in [5.74, 6) is 0.0607. The zero-order chi connectivity index (χ0) is 18.0. The molecule has 1 amide bonds. The Balaban J connectivity index is 1.85. The van der Waals surface area contributed by atoms with Crippen molar-refractivity contribution in [3.8, 4) is 0 Å². The molecule has 1 saturated heterocycles. The summed E-state index contributed by atoms with van der Waals surface area (Å²) in [4.78, 5) is 21.6. The highest BCUT2D eigenvalue weighted by molar-refractivity contribution is 9.10. The van der Waals surface area contributed by atoms with Crippen molar-refractivity contribution in [1.82, 2.24) is 4.90 Å². The fraction of sp³-hybridized carbons (Fsp3) is 0.579. The predicted octanol–water partition coefficient (Wildman–Crippen LogP) is 4.88. The number of hydrogen-bond donors (Lipinski definition) is 0. The molecule has 2 unspecified atom stereocenters. The van der Waals surface area contributed by atoms with Crippen molar-refractivity contribution in [2.45, 2.75) is 63.4 Å². The van der Waals surface area contributed by atoms with Crippen LogP contribution in [0.5, 0.6) is 0 Å². The van der Waals surface area contributed by atoms with E-state index in [0.717, 1.165) is 15.3 Å². The summed E-state index contributed by atoms with van der Waals surface area (Å²) >= 11 is 5.26. The number of amides is 1. The summed E-state index contributed by atoms with van der Waals surface area (Å²) in [5.41, 5.74) is 0.930. The molecule has 0 aromatic heterocycles. The van der Waals surface area contributed by atoms with Crippen LogP contribution in [0.3, 0.4) is 0 Å². The van der Waals surface area contributed by atoms with Gasteiger partial charge in [0.1, 0.15) is 6.17 Å². The van der Waals surface area contributed by atoms with Crippen molar-refractivity contribution < 1.29 is 4.79 Å². The van der Waals surface area contributed by atoms with Crippen LogP contribution in [0.4, 0.5) is 5.69 Å². The molecule has 25 heavy (non-hydrogen) atoms. The third kappa shape index (κ3) is 4.22. The van der Waals surface area contributed by atoms with E-state index in [0.29, 0.717) is 6.04 Å². The van der Waals surface area contributed by atoms with Crippen LogP contribution in [0.25, 0.3) is 0 Å². The molecule has 1 aliphatic carbocycles. The van der Waals surface area contributed by atoms with Crippen molar-refractivity contribution in [1.29, 1.82) is 0 Å². The lowest BCUT2D eigenvalue weighted by molar-refractivity contribution is -0.117. The van der Waals surface area contributed by atoms with Gasteiger partial charge in [0, 0.05) is 29.4 Å². The Morgan fingerprint density at radius 2 is 1.88 bits per heavy atom. The molecule has 6 heteroatoms. The maximum Gasteiger partial charge on any atom is 0.225 e. The number of carbonyl (C=O) groups is 1. The van der Waals surface area contributed by atoms with Crippen molar-refractivity contribution >= 4 is 44.5 Å². The Labute approximate surface area is 163 Å². The van der Waals surface area contributed by atoms with E-state index in [-0.39, 0.29) is 17.3 Å². The SMILES string of the molecule is CC(=O)N(c1ccc(Br)cc1)C1C(C)SC(=NC2CCCCC2)N1C. The third-order valence-corrected chi connectivity index (χ3v) is 6.73. The summed E-state index contributed by atoms with van der Waals surface area (Å²) in [7, 11) is 2.07. The Morgan fingerprint density at radius 1 is 1.24 bits per heavy atom. The van der Waals surface area contributed by atoms with E-state index in [4.69, 9.17) is 4.99 Å². The molecule has 0 spiro atoms. The van der Waals surface area contributed by atoms with Crippen molar-refractivity contribution in [3.63, 3.8) is 0 Å². The van der Waals surface area contributed by atoms with Crippen LogP contribution >= 0.6 is 27.7 Å². The molecule has 0 N–H and O–H groups in total. The van der Waals surface area contributed by atoms with Gasteiger partial charge >= 0.3 is 0 Å². The van der Waals surface area contributed by atoms with E-state index in [9.17, 15) is 4.79 Å². The number of amidine groups is 1. The molecule has 0 radical (unpaired) electrons. The largest absolute Gasteiger partial charge is 0.333 e. The number of halogens is 1. The van der Waals surface area contributed by atoms with E-state index in [2.05, 4.69) is 34.8 Å². The molecule has 2 atom stereocenters. The van der Waals surface area contributed by atoms with Crippen LogP contribution in [0.1, 0.15) is 46.0 Å². The molecule has 1 aromatic carbocycles. The number of hydrogen-bond acceptors (Lipinski definition) is 3. The van der Waals surface area contributed by atoms with Gasteiger partial charge in [0.2, 0.25) is 5.91 Å². The summed E-state index contributed by atoms with van der Waals surface area (Å²) in [6.07, 6.45) is 6.29. The maximum absolute atomic E-state index is 12.4. The highest BCUT2D eigenvalue weighted by Crippen LogP contribution is 2.36. The average Bonchev–Trinajstić information content (AvgIpc) is 2.85. The van der Waals surface area contributed by atoms with E-state index >= 15 is 0 Å². The molecule has 1 heterocycles. The number of thioether (sulfide) groups is 1. The summed E-state index contributed by atoms with van der Waals surface area (Å²) < 4.78 is 1.02. The summed E-state index contributed by atoms with van der Waals surface area (Å²) in [6.45, 7) is 3.83. The molecular formula is C19H26BrN3OS. The van der Waals surface area contributed by atoms with E-state index < -0.39 is 0 Å². The van der Waals surface area contributed by atoms with Crippen LogP contribution < -0.4 is 4.90 Å². The molecular weight excluding hydrogens is 398 g/mol. The quantitative estimate of drug-likeness (QED) is 0.694. The number of benzene rings is 1. The van der Waals surface area contributed by atoms with Crippen LogP contribution in [-0.4, -0.2) is 40.5 Å². The highest BCUT2D eigenvalue weighted by Gasteiger charge is 2.40. The van der Waals surface area contributed by atoms with Gasteiger partial charge in [-0.15, -0.1) is 0 Å². The zero-order valence-corrected chi connectivity index (χ0v) is 17.5. The van der Waals surface area contributed by atoms with Gasteiger partial charge in [-0.2, -0.15) is 0 Å². The van der Waals surface area contributed by atoms with Gasteiger partial charge < -0.3 is 4.90 Å². The second-order valence-electron chi connectivity index (χ2n) is 6.92. The molecule has 1 aliphatic heterocycles. The van der Waals surface area contributed by atoms with Crippen molar-refractivity contribution in [2.24, 2.45) is 4.99 Å². The minimum absolute atomic E-state index is 0.00832. The third-order valence-electron chi connectivity index (χ3n) is 4.99. The van der Waals surface area contributed by atoms with E-state index in [1.165, 1.54) is 32.1 Å². The second kappa shape index (κ2) is 8.12. The summed E-state index contributed by atoms with van der Waals surface area (Å²) in [6, 6.07) is 8.40. The van der Waals surface area contributed by atoms with Crippen LogP contribution in [-0.2, 0) is 4.79 Å². The summed E-state index contributed by atoms with van der Waals surface area (Å²) in [5, 5.41) is 1.35. The first-order valence-corrected chi connectivity index (χ1v) is 10.7. The Kier molecular flexibility index (Phi) is 6.10. The first-order valence-electron chi connectivity index (χ1n) is 9.00. The molecule has 2 fully saturated rings. The van der Waals surface area contributed by atoms with Gasteiger partial charge in [-0.05, 0) is 44.0 Å². The Bertz CT molecular complexity index is 643. The minimum Gasteiger partial charge on any atom is -0.333 e. The normalized spacial score (nSPS) is 26.2. The topological polar surface area (TPSA) is 35.9 Å². The Hall–Kier alpha value is -1.01. The molecule has 2 aliphatic rings. The van der Waals surface area contributed by atoms with Gasteiger partial charge in [0.15, 0.2) is 5.17 Å². The Morgan fingerprint density at radius 3 is 2.48 bits per heavy atom. The van der Waals surface area contributed by atoms with Gasteiger partial charge in [-0.1, -0.05) is 47.0 Å². The lowest BCUT2D eigenvalue weighted by atomic mass is 9.96. The van der Waals surface area contributed by atoms with Gasteiger partial charge in [-0.25, -0.2) is 0 Å². The fourth-order valence-corrected chi connectivity index (χ4v) is 5.24. The predicted molar refractivity (Wildman–Crippen MR) is 110 cm³/mol. The van der Waals surface area contributed by atoms with Gasteiger partial charge in [0.05, 0.1) is 6.04 Å². The van der Waals surface area contributed by atoms with Crippen molar-refractivity contribution in [3.05, 3.63) is 28.7 Å². The molecule has 4 nitrogen and oxygen atoms in total. The second-order valence-corrected chi connectivity index (χ2v) is 9.18. The molecule has 3 rings (SSSR count). The first-order chi connectivity index (χ1) is 12.0. The van der Waals surface area contributed by atoms with E-state index in [1.807, 2.05) is 29.2 Å². The van der Waals surface area contributed by atoms with Crippen LogP contribution in [0.15, 0.2) is 33.7 Å². The highest BCUT2D eigenvalue weighted by atomic mass is 79.9. The molecule has 1 saturated carbocycles. The number of nitrogens with zero attached hydrogens (tertiary/aromatic N) is 3. The minimum atomic E-state index is -0.00832. The smallest absolute Gasteiger partial charge is 0.225 e. The number of rotatable bonds is 3. The van der Waals surface area contributed by atoms with Crippen molar-refractivity contribution in [2.75, 3.05) is 11.9 Å². The number of anilines is 1. The van der Waals surface area contributed by atoms with E-state index in [1.54, 1.807) is 18.7 Å². The standard InChI is InChI=1S/C19H26BrN3OS/c1-13-18(23(14(2)24)17-11-9-15(20)10-12-17)22(3)19(25-13)21-16-7-5-4-6-8-16/h9-13,16,18H,4-8H2,1-3H3. The molecule has 0 bridgehead atoms. The number of aliphatic imine (C=N–C) groups is 1. The van der Waals surface area contributed by atoms with Gasteiger partial charge in [0.25, 0.3) is 0 Å². The molecule has 1 aromatic rings. The number of carbonyl (C=O) groups excluding carboxylic acids is 1. The fourth-order valence-electron chi connectivity index (χ4n) is 3.73. The lowest BCUT2D eigenvalue weighted by Gasteiger charge is -2.35. The van der Waals surface area contributed by atoms with Crippen LogP contribution in [0, 0.1) is 0 Å². The van der Waals surface area contributed by atoms with Crippen LogP contribution in [0.2, 0.25) is 0 Å². The monoisotopic (exact) mass is 423 g/mol. The van der Waals surface area contributed by atoms with Gasteiger partial charge in [-0.3, -0.25) is 14.7 Å². The zero-order valence-electron chi connectivity index (χ0n) is 15.1. The lowest BCUT2D eigenvalue weighted by Crippen LogP contribution is -2.50. The average molecular weight is 424 g/mol. The molecule has 136 valence electrons. The maximum atomic E-state index is 12.4.